The van der Waals surface area contributed by atoms with Crippen molar-refractivity contribution in [1.82, 2.24) is 0 Å². The second-order valence-electron chi connectivity index (χ2n) is 5.22. The number of hydrogen-bond donors (Lipinski definition) is 2. The molecule has 0 saturated carbocycles. The second-order valence-corrected chi connectivity index (χ2v) is 8.31. The number of rotatable bonds is 9. The molecule has 0 aliphatic carbocycles. The molecule has 0 radical (unpaired) electrons. The number of amides is 2. The van der Waals surface area contributed by atoms with Crippen LogP contribution < -0.4 is 10.6 Å². The highest BCUT2D eigenvalue weighted by molar-refractivity contribution is 8.03. The Balaban J connectivity index is 1.55. The Morgan fingerprint density at radius 3 is 1.58 bits per heavy atom. The number of nitrogens with one attached hydrogen (secondary N) is 2. The maximum absolute atomic E-state index is 11.8. The average Bonchev–Trinajstić information content (AvgIpc) is 2.58. The van der Waals surface area contributed by atoms with E-state index in [1.807, 2.05) is 0 Å². The lowest BCUT2D eigenvalue weighted by Gasteiger charge is -2.06. The van der Waals surface area contributed by atoms with Crippen LogP contribution in [0.15, 0.2) is 48.5 Å². The summed E-state index contributed by atoms with van der Waals surface area (Å²) < 4.78 is 0. The summed E-state index contributed by atoms with van der Waals surface area (Å²) >= 11 is 14.8. The van der Waals surface area contributed by atoms with Gasteiger partial charge in [-0.3, -0.25) is 9.59 Å². The van der Waals surface area contributed by atoms with Crippen LogP contribution in [0.25, 0.3) is 0 Å². The minimum Gasteiger partial charge on any atom is -0.325 e. The third kappa shape index (κ3) is 8.36. The summed E-state index contributed by atoms with van der Waals surface area (Å²) in [5.74, 6) is 2.17. The van der Waals surface area contributed by atoms with E-state index >= 15 is 0 Å². The zero-order valence-corrected chi connectivity index (χ0v) is 17.0. The van der Waals surface area contributed by atoms with E-state index in [4.69, 9.17) is 23.2 Å². The van der Waals surface area contributed by atoms with E-state index in [1.54, 1.807) is 48.5 Å². The van der Waals surface area contributed by atoms with Gasteiger partial charge in [-0.2, -0.15) is 23.5 Å². The van der Waals surface area contributed by atoms with Gasteiger partial charge >= 0.3 is 0 Å². The van der Waals surface area contributed by atoms with Crippen LogP contribution in [0, 0.1) is 0 Å². The Labute approximate surface area is 171 Å². The van der Waals surface area contributed by atoms with Crippen molar-refractivity contribution in [2.75, 3.05) is 33.6 Å². The van der Waals surface area contributed by atoms with Crippen molar-refractivity contribution in [1.29, 1.82) is 0 Å². The van der Waals surface area contributed by atoms with Crippen molar-refractivity contribution in [2.24, 2.45) is 0 Å². The summed E-state index contributed by atoms with van der Waals surface area (Å²) in [5.41, 5.74) is 1.38. The number of hydrogen-bond acceptors (Lipinski definition) is 4. The summed E-state index contributed by atoms with van der Waals surface area (Å²) in [5, 5.41) is 6.77. The Morgan fingerprint density at radius 1 is 0.769 bits per heavy atom. The molecule has 0 aromatic heterocycles. The molecule has 0 saturated heterocycles. The van der Waals surface area contributed by atoms with E-state index in [1.165, 1.54) is 23.5 Å². The van der Waals surface area contributed by atoms with Crippen molar-refractivity contribution in [3.05, 3.63) is 58.6 Å². The molecular formula is C18H18Cl2N2O2S2. The summed E-state index contributed by atoms with van der Waals surface area (Å²) in [6.07, 6.45) is 0. The molecule has 2 N–H and O–H groups in total. The first-order valence-corrected chi connectivity index (χ1v) is 10.9. The normalized spacial score (nSPS) is 10.4. The molecule has 0 aliphatic rings. The highest BCUT2D eigenvalue weighted by Crippen LogP contribution is 2.17. The number of carbonyl (C=O) groups excluding carboxylic acids is 2. The molecule has 0 atom stereocenters. The molecule has 0 aliphatic heterocycles. The Kier molecular flexibility index (Phi) is 9.18. The third-order valence-electron chi connectivity index (χ3n) is 3.06. The van der Waals surface area contributed by atoms with Crippen molar-refractivity contribution in [3.63, 3.8) is 0 Å². The Bertz CT molecular complexity index is 696. The lowest BCUT2D eigenvalue weighted by atomic mass is 10.3. The standard InChI is InChI=1S/C18H18Cl2N2O2S2/c19-13-3-1-5-15(9-13)21-17(23)11-25-7-8-26-12-18(24)22-16-6-2-4-14(20)10-16/h1-6,9-10H,7-8,11-12H2,(H,21,23)(H,22,24). The quantitative estimate of drug-likeness (QED) is 0.549. The number of benzene rings is 2. The zero-order chi connectivity index (χ0) is 18.8. The van der Waals surface area contributed by atoms with E-state index in [0.717, 1.165) is 11.5 Å². The number of carbonyl (C=O) groups is 2. The average molecular weight is 429 g/mol. The van der Waals surface area contributed by atoms with Crippen molar-refractivity contribution in [3.8, 4) is 0 Å². The molecule has 8 heteroatoms. The molecule has 2 amide bonds. The maximum Gasteiger partial charge on any atom is 0.234 e. The van der Waals surface area contributed by atoms with E-state index < -0.39 is 0 Å². The second kappa shape index (κ2) is 11.4. The highest BCUT2D eigenvalue weighted by atomic mass is 35.5. The number of anilines is 2. The molecule has 0 heterocycles. The van der Waals surface area contributed by atoms with Crippen molar-refractivity contribution in [2.45, 2.75) is 0 Å². The molecule has 2 aromatic rings. The van der Waals surface area contributed by atoms with Crippen LogP contribution in [-0.4, -0.2) is 34.8 Å². The first-order valence-electron chi connectivity index (χ1n) is 7.79. The van der Waals surface area contributed by atoms with Gasteiger partial charge in [0.1, 0.15) is 0 Å². The lowest BCUT2D eigenvalue weighted by molar-refractivity contribution is -0.114. The van der Waals surface area contributed by atoms with Gasteiger partial charge in [-0.15, -0.1) is 0 Å². The molecule has 2 aromatic carbocycles. The van der Waals surface area contributed by atoms with Crippen LogP contribution in [0.3, 0.4) is 0 Å². The largest absolute Gasteiger partial charge is 0.325 e. The van der Waals surface area contributed by atoms with Gasteiger partial charge in [-0.05, 0) is 36.4 Å². The fourth-order valence-electron chi connectivity index (χ4n) is 1.97. The van der Waals surface area contributed by atoms with E-state index in [-0.39, 0.29) is 11.8 Å². The summed E-state index contributed by atoms with van der Waals surface area (Å²) in [6.45, 7) is 0. The number of thioether (sulfide) groups is 2. The van der Waals surface area contributed by atoms with Crippen LogP contribution in [0.4, 0.5) is 11.4 Å². The van der Waals surface area contributed by atoms with E-state index in [2.05, 4.69) is 10.6 Å². The highest BCUT2D eigenvalue weighted by Gasteiger charge is 2.05. The molecular weight excluding hydrogens is 411 g/mol. The topological polar surface area (TPSA) is 58.2 Å². The third-order valence-corrected chi connectivity index (χ3v) is 5.70. The minimum absolute atomic E-state index is 0.0685. The first-order chi connectivity index (χ1) is 12.5. The van der Waals surface area contributed by atoms with Gasteiger partial charge in [-0.1, -0.05) is 35.3 Å². The predicted octanol–water partition coefficient (Wildman–Crippen LogP) is 5.04. The molecule has 0 fully saturated rings. The van der Waals surface area contributed by atoms with E-state index in [0.29, 0.717) is 32.9 Å². The van der Waals surface area contributed by atoms with Crippen LogP contribution in [0.2, 0.25) is 10.0 Å². The van der Waals surface area contributed by atoms with Gasteiger partial charge in [0.15, 0.2) is 0 Å². The molecule has 26 heavy (non-hydrogen) atoms. The SMILES string of the molecule is O=C(CSCCSCC(=O)Nc1cccc(Cl)c1)Nc1cccc(Cl)c1. The van der Waals surface area contributed by atoms with Crippen molar-refractivity contribution >= 4 is 69.9 Å². The summed E-state index contributed by atoms with van der Waals surface area (Å²) in [4.78, 5) is 23.7. The lowest BCUT2D eigenvalue weighted by Crippen LogP contribution is -2.15. The smallest absolute Gasteiger partial charge is 0.234 e. The van der Waals surface area contributed by atoms with Crippen LogP contribution >= 0.6 is 46.7 Å². The monoisotopic (exact) mass is 428 g/mol. The van der Waals surface area contributed by atoms with Crippen LogP contribution in [-0.2, 0) is 9.59 Å². The van der Waals surface area contributed by atoms with E-state index in [9.17, 15) is 9.59 Å². The van der Waals surface area contributed by atoms with Gasteiger partial charge in [0.2, 0.25) is 11.8 Å². The molecule has 0 unspecified atom stereocenters. The Hall–Kier alpha value is -1.34. The van der Waals surface area contributed by atoms with Crippen molar-refractivity contribution < 1.29 is 9.59 Å². The Morgan fingerprint density at radius 2 is 1.19 bits per heavy atom. The van der Waals surface area contributed by atoms with Crippen LogP contribution in [0.5, 0.6) is 0 Å². The van der Waals surface area contributed by atoms with Gasteiger partial charge in [-0.25, -0.2) is 0 Å². The first kappa shape index (κ1) is 21.0. The van der Waals surface area contributed by atoms with Gasteiger partial charge < -0.3 is 10.6 Å². The molecule has 4 nitrogen and oxygen atoms in total. The molecule has 0 bridgehead atoms. The fourth-order valence-corrected chi connectivity index (χ4v) is 4.10. The molecule has 2 rings (SSSR count). The van der Waals surface area contributed by atoms with Crippen LogP contribution in [0.1, 0.15) is 0 Å². The maximum atomic E-state index is 11.8. The van der Waals surface area contributed by atoms with Gasteiger partial charge in [0, 0.05) is 32.9 Å². The zero-order valence-electron chi connectivity index (χ0n) is 13.8. The minimum atomic E-state index is -0.0685. The molecule has 0 spiro atoms. The predicted molar refractivity (Wildman–Crippen MR) is 115 cm³/mol. The molecule has 138 valence electrons. The fraction of sp³-hybridized carbons (Fsp3) is 0.222. The summed E-state index contributed by atoms with van der Waals surface area (Å²) in [7, 11) is 0. The number of halogens is 2. The van der Waals surface area contributed by atoms with Gasteiger partial charge in [0.25, 0.3) is 0 Å². The summed E-state index contributed by atoms with van der Waals surface area (Å²) in [6, 6.07) is 14.1. The van der Waals surface area contributed by atoms with Gasteiger partial charge in [0.05, 0.1) is 11.5 Å².